The molecule has 0 aliphatic heterocycles. The molecule has 1 aromatic carbocycles. The summed E-state index contributed by atoms with van der Waals surface area (Å²) in [6, 6.07) is 4.04. The van der Waals surface area contributed by atoms with E-state index in [0.29, 0.717) is 0 Å². The Morgan fingerprint density at radius 1 is 1.35 bits per heavy atom. The SMILES string of the molecule is CC(C)(O)c1ccc2c(c1Br)/C(=N/Cl)CCC2. The van der Waals surface area contributed by atoms with Crippen LogP contribution >= 0.6 is 27.7 Å². The summed E-state index contributed by atoms with van der Waals surface area (Å²) < 4.78 is 4.77. The molecule has 0 atom stereocenters. The molecule has 0 amide bonds. The van der Waals surface area contributed by atoms with Gasteiger partial charge in [0.05, 0.1) is 11.3 Å². The van der Waals surface area contributed by atoms with Crippen LogP contribution in [0.25, 0.3) is 0 Å². The summed E-state index contributed by atoms with van der Waals surface area (Å²) in [4.78, 5) is 0. The molecule has 1 aliphatic rings. The van der Waals surface area contributed by atoms with Crippen molar-refractivity contribution in [2.75, 3.05) is 0 Å². The first-order chi connectivity index (χ1) is 7.95. The first-order valence-corrected chi connectivity index (χ1v) is 6.80. The van der Waals surface area contributed by atoms with Crippen molar-refractivity contribution in [2.45, 2.75) is 38.7 Å². The molecular formula is C13H15BrClNO. The number of halogens is 2. The van der Waals surface area contributed by atoms with E-state index >= 15 is 0 Å². The van der Waals surface area contributed by atoms with Crippen LogP contribution < -0.4 is 0 Å². The number of rotatable bonds is 1. The van der Waals surface area contributed by atoms with Crippen LogP contribution in [0.2, 0.25) is 0 Å². The quantitative estimate of drug-likeness (QED) is 0.836. The van der Waals surface area contributed by atoms with Crippen molar-refractivity contribution in [3.63, 3.8) is 0 Å². The summed E-state index contributed by atoms with van der Waals surface area (Å²) in [5.41, 5.74) is 3.21. The Bertz CT molecular complexity index is 477. The lowest BCUT2D eigenvalue weighted by molar-refractivity contribution is 0.0778. The van der Waals surface area contributed by atoms with Crippen molar-refractivity contribution >= 4 is 33.4 Å². The van der Waals surface area contributed by atoms with E-state index in [2.05, 4.69) is 26.5 Å². The third kappa shape index (κ3) is 2.42. The van der Waals surface area contributed by atoms with E-state index in [4.69, 9.17) is 11.8 Å². The van der Waals surface area contributed by atoms with Gasteiger partial charge >= 0.3 is 0 Å². The van der Waals surface area contributed by atoms with Gasteiger partial charge in [0, 0.05) is 21.8 Å². The number of hydrogen-bond acceptors (Lipinski definition) is 2. The molecule has 0 radical (unpaired) electrons. The molecule has 1 aromatic rings. The van der Waals surface area contributed by atoms with Crippen LogP contribution in [0, 0.1) is 0 Å². The standard InChI is InChI=1S/C13H15BrClNO/c1-13(2,17)9-7-6-8-4-3-5-10(16-15)11(8)12(9)14/h6-7,17H,3-5H2,1-2H3/b16-10+. The molecule has 1 aliphatic carbocycles. The molecule has 0 saturated carbocycles. The number of fused-ring (bicyclic) bond motifs is 1. The van der Waals surface area contributed by atoms with Crippen LogP contribution in [0.1, 0.15) is 43.4 Å². The Morgan fingerprint density at radius 2 is 2.06 bits per heavy atom. The van der Waals surface area contributed by atoms with E-state index in [1.807, 2.05) is 6.07 Å². The lowest BCUT2D eigenvalue weighted by atomic mass is 9.86. The molecule has 2 nitrogen and oxygen atoms in total. The largest absolute Gasteiger partial charge is 0.386 e. The van der Waals surface area contributed by atoms with Gasteiger partial charge in [-0.3, -0.25) is 0 Å². The third-order valence-corrected chi connectivity index (χ3v) is 4.17. The van der Waals surface area contributed by atoms with E-state index in [-0.39, 0.29) is 0 Å². The van der Waals surface area contributed by atoms with E-state index in [9.17, 15) is 5.11 Å². The maximum Gasteiger partial charge on any atom is 0.0851 e. The first-order valence-electron chi connectivity index (χ1n) is 5.67. The Labute approximate surface area is 115 Å². The monoisotopic (exact) mass is 315 g/mol. The topological polar surface area (TPSA) is 32.6 Å². The van der Waals surface area contributed by atoms with E-state index < -0.39 is 5.60 Å². The Hall–Kier alpha value is -0.380. The minimum atomic E-state index is -0.872. The van der Waals surface area contributed by atoms with Gasteiger partial charge < -0.3 is 5.11 Å². The summed E-state index contributed by atoms with van der Waals surface area (Å²) >= 11 is 9.24. The highest BCUT2D eigenvalue weighted by Gasteiger charge is 2.26. The molecule has 0 spiro atoms. The van der Waals surface area contributed by atoms with Crippen molar-refractivity contribution in [2.24, 2.45) is 4.51 Å². The van der Waals surface area contributed by atoms with Crippen molar-refractivity contribution in [3.8, 4) is 0 Å². The van der Waals surface area contributed by atoms with Gasteiger partial charge in [0.1, 0.15) is 0 Å². The average molecular weight is 317 g/mol. The summed E-state index contributed by atoms with van der Waals surface area (Å²) in [5.74, 6) is 0. The second-order valence-electron chi connectivity index (χ2n) is 4.91. The zero-order chi connectivity index (χ0) is 12.6. The molecule has 0 heterocycles. The van der Waals surface area contributed by atoms with Gasteiger partial charge in [0.25, 0.3) is 0 Å². The van der Waals surface area contributed by atoms with Crippen LogP contribution in [0.5, 0.6) is 0 Å². The predicted octanol–water partition coefficient (Wildman–Crippen LogP) is 3.96. The van der Waals surface area contributed by atoms with Gasteiger partial charge in [-0.05, 0) is 60.2 Å². The molecule has 1 N–H and O–H groups in total. The summed E-state index contributed by atoms with van der Waals surface area (Å²) in [7, 11) is 0. The number of benzene rings is 1. The van der Waals surface area contributed by atoms with Crippen molar-refractivity contribution in [1.29, 1.82) is 0 Å². The molecule has 17 heavy (non-hydrogen) atoms. The van der Waals surface area contributed by atoms with E-state index in [1.165, 1.54) is 5.56 Å². The second-order valence-corrected chi connectivity index (χ2v) is 5.87. The molecule has 0 saturated heterocycles. The van der Waals surface area contributed by atoms with Crippen LogP contribution in [-0.2, 0) is 12.0 Å². The summed E-state index contributed by atoms with van der Waals surface area (Å²) in [6.07, 6.45) is 3.01. The first kappa shape index (κ1) is 13.1. The Balaban J connectivity index is 2.65. The molecule has 0 fully saturated rings. The molecule has 4 heteroatoms. The molecule has 0 unspecified atom stereocenters. The molecule has 0 aromatic heterocycles. The van der Waals surface area contributed by atoms with Crippen LogP contribution in [0.4, 0.5) is 0 Å². The fraction of sp³-hybridized carbons (Fsp3) is 0.462. The highest BCUT2D eigenvalue weighted by Crippen LogP contribution is 2.36. The second kappa shape index (κ2) is 4.71. The van der Waals surface area contributed by atoms with Crippen LogP contribution in [0.3, 0.4) is 0 Å². The summed E-state index contributed by atoms with van der Waals surface area (Å²) in [5, 5.41) is 10.1. The molecular weight excluding hydrogens is 302 g/mol. The van der Waals surface area contributed by atoms with Crippen LogP contribution in [0.15, 0.2) is 21.1 Å². The lowest BCUT2D eigenvalue weighted by Crippen LogP contribution is -2.20. The van der Waals surface area contributed by atoms with Crippen molar-refractivity contribution < 1.29 is 5.11 Å². The van der Waals surface area contributed by atoms with Crippen LogP contribution in [-0.4, -0.2) is 10.8 Å². The van der Waals surface area contributed by atoms with E-state index in [0.717, 1.165) is 40.6 Å². The van der Waals surface area contributed by atoms with Gasteiger partial charge in [-0.25, -0.2) is 0 Å². The van der Waals surface area contributed by atoms with Gasteiger partial charge in [-0.15, -0.1) is 0 Å². The molecule has 0 bridgehead atoms. The van der Waals surface area contributed by atoms with E-state index in [1.54, 1.807) is 13.8 Å². The Kier molecular flexibility index (Phi) is 3.62. The molecule has 2 rings (SSSR count). The fourth-order valence-corrected chi connectivity index (χ4v) is 3.53. The minimum absolute atomic E-state index is 0.871. The highest BCUT2D eigenvalue weighted by molar-refractivity contribution is 9.10. The third-order valence-electron chi connectivity index (χ3n) is 3.14. The fourth-order valence-electron chi connectivity index (χ4n) is 2.26. The summed E-state index contributed by atoms with van der Waals surface area (Å²) in [6.45, 7) is 3.56. The number of aliphatic hydroxyl groups is 1. The minimum Gasteiger partial charge on any atom is -0.386 e. The number of nitrogens with zero attached hydrogens (tertiary/aromatic N) is 1. The van der Waals surface area contributed by atoms with Gasteiger partial charge in [-0.2, -0.15) is 4.51 Å². The maximum absolute atomic E-state index is 10.1. The normalized spacial score (nSPS) is 18.3. The van der Waals surface area contributed by atoms with Gasteiger partial charge in [-0.1, -0.05) is 12.1 Å². The molecule has 92 valence electrons. The van der Waals surface area contributed by atoms with Gasteiger partial charge in [0.15, 0.2) is 0 Å². The maximum atomic E-state index is 10.1. The number of aryl methyl sites for hydroxylation is 1. The average Bonchev–Trinajstić information content (AvgIpc) is 2.27. The number of hydrogen-bond donors (Lipinski definition) is 1. The zero-order valence-corrected chi connectivity index (χ0v) is 12.3. The van der Waals surface area contributed by atoms with Gasteiger partial charge in [0.2, 0.25) is 0 Å². The zero-order valence-electron chi connectivity index (χ0n) is 9.93. The smallest absolute Gasteiger partial charge is 0.0851 e. The Morgan fingerprint density at radius 3 is 2.65 bits per heavy atom. The lowest BCUT2D eigenvalue weighted by Gasteiger charge is -2.25. The predicted molar refractivity (Wildman–Crippen MR) is 74.7 cm³/mol. The van der Waals surface area contributed by atoms with Crippen molar-refractivity contribution in [1.82, 2.24) is 0 Å². The highest BCUT2D eigenvalue weighted by atomic mass is 79.9. The van der Waals surface area contributed by atoms with Crippen molar-refractivity contribution in [3.05, 3.63) is 33.3 Å².